The largest absolute Gasteiger partial charge is 0.416 e. The molecule has 0 radical (unpaired) electrons. The Kier molecular flexibility index (Phi) is 4.19. The summed E-state index contributed by atoms with van der Waals surface area (Å²) < 4.78 is 38.3. The van der Waals surface area contributed by atoms with Crippen molar-refractivity contribution in [3.8, 4) is 0 Å². The number of aromatic nitrogens is 1. The fraction of sp³-hybridized carbons (Fsp3) is 0.0625. The van der Waals surface area contributed by atoms with Gasteiger partial charge >= 0.3 is 6.18 Å². The second-order valence-corrected chi connectivity index (χ2v) is 5.85. The van der Waals surface area contributed by atoms with E-state index in [1.165, 1.54) is 0 Å². The maximum absolute atomic E-state index is 12.8. The van der Waals surface area contributed by atoms with Crippen LogP contribution in [0.25, 0.3) is 10.9 Å². The SMILES string of the molecule is O=C(Nc1cc(C(F)(F)F)ccc1Cl)c1cc2cccc(Cl)c2[nH]1. The Hall–Kier alpha value is -2.18. The van der Waals surface area contributed by atoms with Gasteiger partial charge in [0.25, 0.3) is 5.91 Å². The summed E-state index contributed by atoms with van der Waals surface area (Å²) in [5.74, 6) is -0.622. The van der Waals surface area contributed by atoms with Crippen molar-refractivity contribution in [3.05, 3.63) is 63.8 Å². The van der Waals surface area contributed by atoms with Gasteiger partial charge in [-0.15, -0.1) is 0 Å². The summed E-state index contributed by atoms with van der Waals surface area (Å²) in [7, 11) is 0. The Bertz CT molecular complexity index is 935. The van der Waals surface area contributed by atoms with Crippen molar-refractivity contribution in [2.75, 3.05) is 5.32 Å². The molecule has 24 heavy (non-hydrogen) atoms. The Balaban J connectivity index is 1.92. The summed E-state index contributed by atoms with van der Waals surface area (Å²) >= 11 is 11.9. The molecular formula is C16H9Cl2F3N2O. The zero-order chi connectivity index (χ0) is 17.5. The van der Waals surface area contributed by atoms with Crippen molar-refractivity contribution in [1.82, 2.24) is 4.98 Å². The van der Waals surface area contributed by atoms with Gasteiger partial charge < -0.3 is 10.3 Å². The van der Waals surface area contributed by atoms with Gasteiger partial charge in [0.1, 0.15) is 5.69 Å². The highest BCUT2D eigenvalue weighted by Crippen LogP contribution is 2.34. The van der Waals surface area contributed by atoms with Gasteiger partial charge in [-0.25, -0.2) is 0 Å². The lowest BCUT2D eigenvalue weighted by Gasteiger charge is -2.11. The van der Waals surface area contributed by atoms with Crippen LogP contribution in [0.3, 0.4) is 0 Å². The minimum absolute atomic E-state index is 0.00509. The first-order valence-electron chi connectivity index (χ1n) is 6.71. The fourth-order valence-corrected chi connectivity index (χ4v) is 2.62. The Morgan fingerprint density at radius 1 is 1.04 bits per heavy atom. The van der Waals surface area contributed by atoms with Gasteiger partial charge in [0.15, 0.2) is 0 Å². The van der Waals surface area contributed by atoms with E-state index in [2.05, 4.69) is 10.3 Å². The molecule has 0 bridgehead atoms. The van der Waals surface area contributed by atoms with E-state index >= 15 is 0 Å². The second kappa shape index (κ2) is 6.03. The van der Waals surface area contributed by atoms with Crippen molar-refractivity contribution in [3.63, 3.8) is 0 Å². The maximum Gasteiger partial charge on any atom is 0.416 e. The van der Waals surface area contributed by atoms with Crippen molar-refractivity contribution in [2.45, 2.75) is 6.18 Å². The van der Waals surface area contributed by atoms with E-state index < -0.39 is 17.6 Å². The molecule has 3 nitrogen and oxygen atoms in total. The normalized spacial score (nSPS) is 11.7. The molecule has 0 aliphatic heterocycles. The molecule has 0 aliphatic rings. The van der Waals surface area contributed by atoms with E-state index in [-0.39, 0.29) is 16.4 Å². The summed E-state index contributed by atoms with van der Waals surface area (Å²) in [5, 5.41) is 3.52. The van der Waals surface area contributed by atoms with E-state index in [9.17, 15) is 18.0 Å². The highest BCUT2D eigenvalue weighted by molar-refractivity contribution is 6.35. The molecule has 0 fully saturated rings. The average molecular weight is 373 g/mol. The topological polar surface area (TPSA) is 44.9 Å². The van der Waals surface area contributed by atoms with Crippen LogP contribution >= 0.6 is 23.2 Å². The van der Waals surface area contributed by atoms with Crippen LogP contribution in [0.1, 0.15) is 16.1 Å². The molecule has 1 heterocycles. The van der Waals surface area contributed by atoms with Gasteiger partial charge in [-0.3, -0.25) is 4.79 Å². The first-order chi connectivity index (χ1) is 11.3. The first-order valence-corrected chi connectivity index (χ1v) is 7.46. The van der Waals surface area contributed by atoms with Gasteiger partial charge in [-0.05, 0) is 30.3 Å². The molecule has 0 spiro atoms. The van der Waals surface area contributed by atoms with Crippen LogP contribution in [0.2, 0.25) is 10.0 Å². The van der Waals surface area contributed by atoms with Crippen LogP contribution in [0.5, 0.6) is 0 Å². The highest BCUT2D eigenvalue weighted by atomic mass is 35.5. The van der Waals surface area contributed by atoms with E-state index in [1.807, 2.05) is 0 Å². The van der Waals surface area contributed by atoms with Gasteiger partial charge in [-0.1, -0.05) is 35.3 Å². The second-order valence-electron chi connectivity index (χ2n) is 5.03. The monoisotopic (exact) mass is 372 g/mol. The number of rotatable bonds is 2. The number of aromatic amines is 1. The Labute approximate surface area is 144 Å². The van der Waals surface area contributed by atoms with Gasteiger partial charge in [0.2, 0.25) is 0 Å². The summed E-state index contributed by atoms with van der Waals surface area (Å²) in [5.41, 5.74) is -0.297. The van der Waals surface area contributed by atoms with Crippen LogP contribution in [0.4, 0.5) is 18.9 Å². The third-order valence-corrected chi connectivity index (χ3v) is 4.04. The van der Waals surface area contributed by atoms with Crippen LogP contribution in [-0.2, 0) is 6.18 Å². The lowest BCUT2D eigenvalue weighted by Crippen LogP contribution is -2.14. The van der Waals surface area contributed by atoms with Crippen molar-refractivity contribution < 1.29 is 18.0 Å². The molecule has 2 aromatic carbocycles. The minimum Gasteiger partial charge on any atom is -0.349 e. The molecule has 0 unspecified atom stereocenters. The maximum atomic E-state index is 12.8. The number of halogens is 5. The van der Waals surface area contributed by atoms with Gasteiger partial charge in [0, 0.05) is 5.39 Å². The summed E-state index contributed by atoms with van der Waals surface area (Å²) in [4.78, 5) is 15.1. The standard InChI is InChI=1S/C16H9Cl2F3N2O/c17-10-5-4-9(16(19,20)21)7-12(10)23-15(24)13-6-8-2-1-3-11(18)14(8)22-13/h1-7,22H,(H,23,24). The molecule has 1 aromatic heterocycles. The number of amides is 1. The van der Waals surface area contributed by atoms with E-state index in [0.717, 1.165) is 18.2 Å². The van der Waals surface area contributed by atoms with Crippen LogP contribution in [-0.4, -0.2) is 10.9 Å². The number of carbonyl (C=O) groups excluding carboxylic acids is 1. The summed E-state index contributed by atoms with van der Waals surface area (Å²) in [6.07, 6.45) is -4.53. The predicted molar refractivity (Wildman–Crippen MR) is 87.7 cm³/mol. The van der Waals surface area contributed by atoms with Crippen molar-refractivity contribution >= 4 is 45.7 Å². The zero-order valence-electron chi connectivity index (χ0n) is 11.8. The third kappa shape index (κ3) is 3.20. The number of hydrogen-bond acceptors (Lipinski definition) is 1. The smallest absolute Gasteiger partial charge is 0.349 e. The van der Waals surface area contributed by atoms with Gasteiger partial charge in [-0.2, -0.15) is 13.2 Å². The van der Waals surface area contributed by atoms with Crippen molar-refractivity contribution in [2.24, 2.45) is 0 Å². The lowest BCUT2D eigenvalue weighted by atomic mass is 10.2. The molecule has 0 aliphatic carbocycles. The number of hydrogen-bond donors (Lipinski definition) is 2. The van der Waals surface area contributed by atoms with Gasteiger partial charge in [0.05, 0.1) is 26.8 Å². The molecule has 3 aromatic rings. The van der Waals surface area contributed by atoms with E-state index in [0.29, 0.717) is 15.9 Å². The molecule has 2 N–H and O–H groups in total. The zero-order valence-corrected chi connectivity index (χ0v) is 13.4. The van der Waals surface area contributed by atoms with Crippen LogP contribution < -0.4 is 5.32 Å². The number of alkyl halides is 3. The van der Waals surface area contributed by atoms with Crippen LogP contribution in [0.15, 0.2) is 42.5 Å². The fourth-order valence-electron chi connectivity index (χ4n) is 2.23. The number of carbonyl (C=O) groups is 1. The molecule has 124 valence electrons. The first kappa shape index (κ1) is 16.7. The number of nitrogens with one attached hydrogen (secondary N) is 2. The van der Waals surface area contributed by atoms with Crippen LogP contribution in [0, 0.1) is 0 Å². The van der Waals surface area contributed by atoms with E-state index in [4.69, 9.17) is 23.2 Å². The average Bonchev–Trinajstić information content (AvgIpc) is 2.94. The van der Waals surface area contributed by atoms with Crippen molar-refractivity contribution in [1.29, 1.82) is 0 Å². The molecule has 0 saturated carbocycles. The lowest BCUT2D eigenvalue weighted by molar-refractivity contribution is -0.137. The number of para-hydroxylation sites is 1. The summed E-state index contributed by atoms with van der Waals surface area (Å²) in [6.45, 7) is 0. The highest BCUT2D eigenvalue weighted by Gasteiger charge is 2.31. The number of anilines is 1. The predicted octanol–water partition coefficient (Wildman–Crippen LogP) is 5.75. The molecule has 0 saturated heterocycles. The molecule has 0 atom stereocenters. The Morgan fingerprint density at radius 3 is 2.46 bits per heavy atom. The van der Waals surface area contributed by atoms with E-state index in [1.54, 1.807) is 24.3 Å². The number of benzene rings is 2. The third-order valence-electron chi connectivity index (χ3n) is 3.39. The number of H-pyrrole nitrogens is 1. The molecular weight excluding hydrogens is 364 g/mol. The quantitative estimate of drug-likeness (QED) is 0.591. The number of fused-ring (bicyclic) bond motifs is 1. The summed E-state index contributed by atoms with van der Waals surface area (Å²) in [6, 6.07) is 9.41. The molecule has 3 rings (SSSR count). The molecule has 1 amide bonds. The Morgan fingerprint density at radius 2 is 1.79 bits per heavy atom. The minimum atomic E-state index is -4.53. The molecule has 8 heteroatoms.